The number of hydrogen-bond acceptors (Lipinski definition) is 11. The van der Waals surface area contributed by atoms with Crippen molar-refractivity contribution in [3.63, 3.8) is 0 Å². The van der Waals surface area contributed by atoms with Crippen LogP contribution in [0.25, 0.3) is 10.2 Å². The summed E-state index contributed by atoms with van der Waals surface area (Å²) < 4.78 is 1.23. The van der Waals surface area contributed by atoms with Crippen LogP contribution < -0.4 is 10.2 Å². The van der Waals surface area contributed by atoms with Gasteiger partial charge in [-0.3, -0.25) is 4.90 Å². The van der Waals surface area contributed by atoms with Crippen molar-refractivity contribution >= 4 is 56.5 Å². The molecule has 40 heavy (non-hydrogen) atoms. The number of benzene rings is 1. The van der Waals surface area contributed by atoms with Crippen molar-refractivity contribution in [2.75, 3.05) is 49.5 Å². The molecule has 1 aliphatic rings. The highest BCUT2D eigenvalue weighted by molar-refractivity contribution is 7.22. The van der Waals surface area contributed by atoms with Crippen LogP contribution in [0.5, 0.6) is 0 Å². The maximum absolute atomic E-state index is 9.55. The molecule has 0 saturated carbocycles. The van der Waals surface area contributed by atoms with Crippen molar-refractivity contribution in [1.82, 2.24) is 19.9 Å². The fourth-order valence-electron chi connectivity index (χ4n) is 3.18. The molecule has 1 fully saturated rings. The van der Waals surface area contributed by atoms with E-state index in [0.717, 1.165) is 55.9 Å². The first-order chi connectivity index (χ1) is 19.1. The molecule has 3 heterocycles. The lowest BCUT2D eigenvalue weighted by molar-refractivity contribution is -0.134. The molecular formula is C25H28N6O8S. The van der Waals surface area contributed by atoms with E-state index in [1.165, 1.54) is 4.70 Å². The summed E-state index contributed by atoms with van der Waals surface area (Å²) in [6.07, 6.45) is 5.84. The third-order valence-electron chi connectivity index (χ3n) is 4.94. The SMILES string of the molecule is O=C(O)C=CC(=O)O.O=C(O)C=CC(=O)O.c1cnc(N2CCN(CCNc3nc4ccccc4s3)CC2)nc1. The molecule has 1 saturated heterocycles. The summed E-state index contributed by atoms with van der Waals surface area (Å²) in [6.45, 7) is 5.98. The highest BCUT2D eigenvalue weighted by Crippen LogP contribution is 2.25. The number of hydrogen-bond donors (Lipinski definition) is 5. The Kier molecular flexibility index (Phi) is 13.2. The van der Waals surface area contributed by atoms with E-state index < -0.39 is 23.9 Å². The fourth-order valence-corrected chi connectivity index (χ4v) is 4.07. The molecule has 212 valence electrons. The minimum absolute atomic E-state index is 0.558. The first-order valence-electron chi connectivity index (χ1n) is 11.8. The first kappa shape index (κ1) is 31.3. The van der Waals surface area contributed by atoms with Crippen LogP contribution in [0.4, 0.5) is 11.1 Å². The van der Waals surface area contributed by atoms with E-state index in [0.29, 0.717) is 24.3 Å². The Morgan fingerprint density at radius 2 is 1.32 bits per heavy atom. The topological polar surface area (TPSA) is 206 Å². The van der Waals surface area contributed by atoms with Crippen LogP contribution in [-0.4, -0.2) is 103 Å². The number of rotatable bonds is 9. The number of piperazine rings is 1. The third-order valence-corrected chi connectivity index (χ3v) is 5.94. The Bertz CT molecular complexity index is 1220. The van der Waals surface area contributed by atoms with Gasteiger partial charge in [0.15, 0.2) is 5.13 Å². The van der Waals surface area contributed by atoms with Crippen molar-refractivity contribution in [1.29, 1.82) is 0 Å². The quantitative estimate of drug-likeness (QED) is 0.232. The molecule has 5 N–H and O–H groups in total. The normalized spacial score (nSPS) is 13.2. The van der Waals surface area contributed by atoms with E-state index in [4.69, 9.17) is 20.4 Å². The lowest BCUT2D eigenvalue weighted by Crippen LogP contribution is -2.48. The van der Waals surface area contributed by atoms with Crippen LogP contribution in [0, 0.1) is 0 Å². The highest BCUT2D eigenvalue weighted by atomic mass is 32.1. The summed E-state index contributed by atoms with van der Waals surface area (Å²) >= 11 is 1.72. The summed E-state index contributed by atoms with van der Waals surface area (Å²) in [7, 11) is 0. The van der Waals surface area contributed by atoms with E-state index in [9.17, 15) is 19.2 Å². The van der Waals surface area contributed by atoms with Gasteiger partial charge in [0.25, 0.3) is 0 Å². The molecule has 4 rings (SSSR count). The number of aromatic nitrogens is 3. The average molecular weight is 573 g/mol. The van der Waals surface area contributed by atoms with Crippen molar-refractivity contribution < 1.29 is 39.6 Å². The van der Waals surface area contributed by atoms with Gasteiger partial charge in [0.05, 0.1) is 10.2 Å². The van der Waals surface area contributed by atoms with E-state index in [1.807, 2.05) is 12.1 Å². The number of thiazole rings is 1. The van der Waals surface area contributed by atoms with Crippen LogP contribution >= 0.6 is 11.3 Å². The van der Waals surface area contributed by atoms with Gasteiger partial charge in [0.2, 0.25) is 5.95 Å². The van der Waals surface area contributed by atoms with Crippen molar-refractivity contribution in [2.45, 2.75) is 0 Å². The molecule has 0 bridgehead atoms. The number of anilines is 2. The van der Waals surface area contributed by atoms with Gasteiger partial charge in [-0.25, -0.2) is 34.1 Å². The predicted octanol–water partition coefficient (Wildman–Crippen LogP) is 1.74. The Labute approximate surface area is 232 Å². The van der Waals surface area contributed by atoms with Gasteiger partial charge in [-0.15, -0.1) is 0 Å². The molecule has 0 aliphatic carbocycles. The molecule has 0 atom stereocenters. The standard InChI is InChI=1S/C17H20N6S.2C4H4O4/c1-2-5-15-14(4-1)21-17(24-15)20-8-9-22-10-12-23(13-11-22)16-18-6-3-7-19-16;2*5-3(6)1-2-4(7)8/h1-7H,8-13H2,(H,20,21);2*1-2H,(H,5,6)(H,7,8). The van der Waals surface area contributed by atoms with E-state index in [1.54, 1.807) is 23.7 Å². The van der Waals surface area contributed by atoms with Crippen LogP contribution in [-0.2, 0) is 19.2 Å². The number of nitrogens with one attached hydrogen (secondary N) is 1. The molecular weight excluding hydrogens is 544 g/mol. The third kappa shape index (κ3) is 12.6. The van der Waals surface area contributed by atoms with Crippen LogP contribution in [0.3, 0.4) is 0 Å². The maximum atomic E-state index is 9.55. The summed E-state index contributed by atoms with van der Waals surface area (Å²) in [5.74, 6) is -4.19. The Morgan fingerprint density at radius 1 is 0.800 bits per heavy atom. The number of carbonyl (C=O) groups is 4. The molecule has 0 unspecified atom stereocenters. The Morgan fingerprint density at radius 3 is 1.82 bits per heavy atom. The van der Waals surface area contributed by atoms with Crippen LogP contribution in [0.2, 0.25) is 0 Å². The van der Waals surface area contributed by atoms with Crippen molar-refractivity contribution in [3.8, 4) is 0 Å². The zero-order valence-electron chi connectivity index (χ0n) is 21.2. The number of para-hydroxylation sites is 1. The van der Waals surface area contributed by atoms with Gasteiger partial charge in [-0.05, 0) is 18.2 Å². The first-order valence-corrected chi connectivity index (χ1v) is 12.6. The number of nitrogens with zero attached hydrogens (tertiary/aromatic N) is 5. The van der Waals surface area contributed by atoms with Gasteiger partial charge >= 0.3 is 23.9 Å². The fraction of sp³-hybridized carbons (Fsp3) is 0.240. The van der Waals surface area contributed by atoms with Gasteiger partial charge < -0.3 is 30.6 Å². The molecule has 3 aromatic rings. The lowest BCUT2D eigenvalue weighted by atomic mass is 10.3. The smallest absolute Gasteiger partial charge is 0.328 e. The Hall–Kier alpha value is -4.89. The molecule has 2 aromatic heterocycles. The van der Waals surface area contributed by atoms with Crippen LogP contribution in [0.15, 0.2) is 67.0 Å². The summed E-state index contributed by atoms with van der Waals surface area (Å²) in [5, 5.41) is 35.7. The zero-order valence-corrected chi connectivity index (χ0v) is 22.0. The Balaban J connectivity index is 0.000000290. The molecule has 15 heteroatoms. The molecule has 0 spiro atoms. The van der Waals surface area contributed by atoms with Crippen molar-refractivity contribution in [3.05, 3.63) is 67.0 Å². The van der Waals surface area contributed by atoms with Gasteiger partial charge in [0.1, 0.15) is 0 Å². The van der Waals surface area contributed by atoms with E-state index in [-0.39, 0.29) is 0 Å². The average Bonchev–Trinajstić information content (AvgIpc) is 3.35. The summed E-state index contributed by atoms with van der Waals surface area (Å²) in [5.41, 5.74) is 1.07. The second-order valence-electron chi connectivity index (χ2n) is 7.81. The predicted molar refractivity (Wildman–Crippen MR) is 148 cm³/mol. The highest BCUT2D eigenvalue weighted by Gasteiger charge is 2.18. The number of carboxylic acid groups (broad SMARTS) is 4. The monoisotopic (exact) mass is 572 g/mol. The molecule has 0 radical (unpaired) electrons. The summed E-state index contributed by atoms with van der Waals surface area (Å²) in [6, 6.07) is 10.1. The maximum Gasteiger partial charge on any atom is 0.328 e. The second kappa shape index (κ2) is 16.8. The van der Waals surface area contributed by atoms with Crippen molar-refractivity contribution in [2.24, 2.45) is 0 Å². The zero-order chi connectivity index (χ0) is 29.3. The van der Waals surface area contributed by atoms with Gasteiger partial charge in [0, 0.05) is 76.0 Å². The van der Waals surface area contributed by atoms with Crippen LogP contribution in [0.1, 0.15) is 0 Å². The molecule has 1 aromatic carbocycles. The molecule has 1 aliphatic heterocycles. The van der Waals surface area contributed by atoms with E-state index in [2.05, 4.69) is 48.3 Å². The number of carboxylic acids is 4. The molecule has 0 amide bonds. The minimum atomic E-state index is -1.26. The largest absolute Gasteiger partial charge is 0.478 e. The van der Waals surface area contributed by atoms with Gasteiger partial charge in [-0.1, -0.05) is 23.5 Å². The molecule has 14 nitrogen and oxygen atoms in total. The number of fused-ring (bicyclic) bond motifs is 1. The lowest BCUT2D eigenvalue weighted by Gasteiger charge is -2.34. The minimum Gasteiger partial charge on any atom is -0.478 e. The summed E-state index contributed by atoms with van der Waals surface area (Å²) in [4.78, 5) is 56.2. The number of aliphatic carboxylic acids is 4. The van der Waals surface area contributed by atoms with Gasteiger partial charge in [-0.2, -0.15) is 0 Å². The second-order valence-corrected chi connectivity index (χ2v) is 8.84. The van der Waals surface area contributed by atoms with E-state index >= 15 is 0 Å².